The van der Waals surface area contributed by atoms with Crippen LogP contribution in [0, 0.1) is 6.92 Å². The van der Waals surface area contributed by atoms with Crippen molar-refractivity contribution in [3.05, 3.63) is 22.4 Å². The number of carbonyl (C=O) groups excluding carboxylic acids is 1. The lowest BCUT2D eigenvalue weighted by atomic mass is 10.3. The molecule has 0 saturated carbocycles. The SMILES string of the molecule is Cc1cc(/C=C2/SC(=S)NC2=O)on1. The normalized spacial score (nSPS) is 19.1. The van der Waals surface area contributed by atoms with Crippen molar-refractivity contribution in [2.45, 2.75) is 6.92 Å². The number of nitrogens with one attached hydrogen (secondary N) is 1. The van der Waals surface area contributed by atoms with Gasteiger partial charge in [0.15, 0.2) is 5.76 Å². The highest BCUT2D eigenvalue weighted by molar-refractivity contribution is 8.26. The zero-order valence-corrected chi connectivity index (χ0v) is 8.87. The Morgan fingerprint density at radius 2 is 2.50 bits per heavy atom. The molecule has 0 atom stereocenters. The Bertz CT molecular complexity index is 436. The Morgan fingerprint density at radius 3 is 3.00 bits per heavy atom. The number of aromatic nitrogens is 1. The van der Waals surface area contributed by atoms with Crippen molar-refractivity contribution in [1.29, 1.82) is 0 Å². The number of nitrogens with zero attached hydrogens (tertiary/aromatic N) is 1. The molecular formula is C8H6N2O2S2. The van der Waals surface area contributed by atoms with Gasteiger partial charge in [-0.1, -0.05) is 29.1 Å². The molecule has 1 amide bonds. The standard InChI is InChI=1S/C8H6N2O2S2/c1-4-2-5(12-10-4)3-6-7(11)9-8(13)14-6/h2-3H,1H3,(H,9,11,13)/b6-3+. The Kier molecular flexibility index (Phi) is 2.39. The molecule has 1 aliphatic rings. The van der Waals surface area contributed by atoms with E-state index in [4.69, 9.17) is 16.7 Å². The van der Waals surface area contributed by atoms with Crippen LogP contribution >= 0.6 is 24.0 Å². The van der Waals surface area contributed by atoms with Gasteiger partial charge in [0.2, 0.25) is 0 Å². The second-order valence-corrected chi connectivity index (χ2v) is 4.44. The molecule has 6 heteroatoms. The van der Waals surface area contributed by atoms with Crippen LogP contribution in [0.5, 0.6) is 0 Å². The third-order valence-corrected chi connectivity index (χ3v) is 2.72. The van der Waals surface area contributed by atoms with Gasteiger partial charge in [-0.15, -0.1) is 0 Å². The van der Waals surface area contributed by atoms with Gasteiger partial charge >= 0.3 is 0 Å². The fourth-order valence-corrected chi connectivity index (χ4v) is 2.03. The average molecular weight is 226 g/mol. The van der Waals surface area contributed by atoms with Crippen LogP contribution in [0.2, 0.25) is 0 Å². The smallest absolute Gasteiger partial charge is 0.263 e. The van der Waals surface area contributed by atoms with Crippen LogP contribution in [0.3, 0.4) is 0 Å². The third kappa shape index (κ3) is 1.85. The van der Waals surface area contributed by atoms with E-state index in [1.165, 1.54) is 11.8 Å². The van der Waals surface area contributed by atoms with Gasteiger partial charge in [-0.05, 0) is 6.92 Å². The van der Waals surface area contributed by atoms with Crippen molar-refractivity contribution < 1.29 is 9.32 Å². The molecule has 0 bridgehead atoms. The van der Waals surface area contributed by atoms with Crippen molar-refractivity contribution in [1.82, 2.24) is 10.5 Å². The highest BCUT2D eigenvalue weighted by atomic mass is 32.2. The molecular weight excluding hydrogens is 220 g/mol. The molecule has 0 unspecified atom stereocenters. The largest absolute Gasteiger partial charge is 0.357 e. The predicted octanol–water partition coefficient (Wildman–Crippen LogP) is 1.47. The van der Waals surface area contributed by atoms with Gasteiger partial charge in [0.25, 0.3) is 5.91 Å². The number of aryl methyl sites for hydroxylation is 1. The highest BCUT2D eigenvalue weighted by Gasteiger charge is 2.22. The first kappa shape index (κ1) is 9.42. The molecule has 4 nitrogen and oxygen atoms in total. The number of thioether (sulfide) groups is 1. The summed E-state index contributed by atoms with van der Waals surface area (Å²) in [6, 6.07) is 1.75. The second kappa shape index (κ2) is 3.55. The Morgan fingerprint density at radius 1 is 1.71 bits per heavy atom. The highest BCUT2D eigenvalue weighted by Crippen LogP contribution is 2.25. The molecule has 2 heterocycles. The van der Waals surface area contributed by atoms with Gasteiger partial charge in [0.05, 0.1) is 10.6 Å². The van der Waals surface area contributed by atoms with Crippen molar-refractivity contribution in [2.75, 3.05) is 0 Å². The van der Waals surface area contributed by atoms with Crippen LogP contribution in [0.4, 0.5) is 0 Å². The van der Waals surface area contributed by atoms with E-state index in [1.54, 1.807) is 12.1 Å². The first-order chi connectivity index (χ1) is 6.65. The fourth-order valence-electron chi connectivity index (χ4n) is 1.00. The van der Waals surface area contributed by atoms with Gasteiger partial charge in [-0.3, -0.25) is 4.79 Å². The number of hydrogen-bond donors (Lipinski definition) is 1. The van der Waals surface area contributed by atoms with E-state index >= 15 is 0 Å². The van der Waals surface area contributed by atoms with Crippen LogP contribution in [0.25, 0.3) is 6.08 Å². The molecule has 0 aliphatic carbocycles. The summed E-state index contributed by atoms with van der Waals surface area (Å²) in [6.07, 6.45) is 1.62. The summed E-state index contributed by atoms with van der Waals surface area (Å²) < 4.78 is 5.42. The van der Waals surface area contributed by atoms with E-state index in [0.29, 0.717) is 15.0 Å². The summed E-state index contributed by atoms with van der Waals surface area (Å²) >= 11 is 6.06. The number of amides is 1. The predicted molar refractivity (Wildman–Crippen MR) is 57.5 cm³/mol. The lowest BCUT2D eigenvalue weighted by Gasteiger charge is -1.86. The molecule has 14 heavy (non-hydrogen) atoms. The minimum Gasteiger partial charge on any atom is -0.357 e. The zero-order valence-electron chi connectivity index (χ0n) is 7.23. The van der Waals surface area contributed by atoms with Crippen LogP contribution in [0.15, 0.2) is 15.5 Å². The Balaban J connectivity index is 2.27. The number of thiocarbonyl (C=S) groups is 1. The van der Waals surface area contributed by atoms with E-state index in [9.17, 15) is 4.79 Å². The summed E-state index contributed by atoms with van der Waals surface area (Å²) in [4.78, 5) is 11.8. The van der Waals surface area contributed by atoms with Gasteiger partial charge in [0, 0.05) is 12.1 Å². The lowest BCUT2D eigenvalue weighted by Crippen LogP contribution is -2.17. The topological polar surface area (TPSA) is 55.1 Å². The number of hydrogen-bond acceptors (Lipinski definition) is 5. The first-order valence-electron chi connectivity index (χ1n) is 3.83. The number of carbonyl (C=O) groups is 1. The molecule has 0 spiro atoms. The Labute approximate surface area is 89.7 Å². The molecule has 72 valence electrons. The molecule has 1 N–H and O–H groups in total. The van der Waals surface area contributed by atoms with Crippen molar-refractivity contribution in [3.8, 4) is 0 Å². The van der Waals surface area contributed by atoms with Crippen molar-refractivity contribution in [2.24, 2.45) is 0 Å². The maximum absolute atomic E-state index is 11.2. The molecule has 1 aromatic rings. The molecule has 1 aliphatic heterocycles. The van der Waals surface area contributed by atoms with Crippen LogP contribution in [-0.4, -0.2) is 15.4 Å². The summed E-state index contributed by atoms with van der Waals surface area (Å²) in [5.41, 5.74) is 0.780. The quantitative estimate of drug-likeness (QED) is 0.580. The third-order valence-electron chi connectivity index (χ3n) is 1.56. The summed E-state index contributed by atoms with van der Waals surface area (Å²) in [5, 5.41) is 6.23. The van der Waals surface area contributed by atoms with Gasteiger partial charge in [-0.25, -0.2) is 0 Å². The number of rotatable bonds is 1. The maximum atomic E-state index is 11.2. The zero-order chi connectivity index (χ0) is 10.1. The van der Waals surface area contributed by atoms with Crippen LogP contribution < -0.4 is 5.32 Å². The van der Waals surface area contributed by atoms with E-state index in [-0.39, 0.29) is 5.91 Å². The molecule has 1 aromatic heterocycles. The molecule has 2 rings (SSSR count). The van der Waals surface area contributed by atoms with E-state index in [0.717, 1.165) is 5.69 Å². The fraction of sp³-hybridized carbons (Fsp3) is 0.125. The van der Waals surface area contributed by atoms with Gasteiger partial charge < -0.3 is 9.84 Å². The monoisotopic (exact) mass is 226 g/mol. The average Bonchev–Trinajstić information content (AvgIpc) is 2.61. The van der Waals surface area contributed by atoms with Crippen LogP contribution in [-0.2, 0) is 4.79 Å². The van der Waals surface area contributed by atoms with E-state index < -0.39 is 0 Å². The molecule has 1 saturated heterocycles. The van der Waals surface area contributed by atoms with E-state index in [2.05, 4.69) is 10.5 Å². The summed E-state index contributed by atoms with van der Waals surface area (Å²) in [5.74, 6) is 0.374. The second-order valence-electron chi connectivity index (χ2n) is 2.72. The Hall–Kier alpha value is -1.14. The van der Waals surface area contributed by atoms with E-state index in [1.807, 2.05) is 6.92 Å². The summed E-state index contributed by atoms with van der Waals surface area (Å²) in [7, 11) is 0. The van der Waals surface area contributed by atoms with Crippen LogP contribution in [0.1, 0.15) is 11.5 Å². The molecule has 0 radical (unpaired) electrons. The van der Waals surface area contributed by atoms with Crippen molar-refractivity contribution >= 4 is 40.3 Å². The summed E-state index contributed by atoms with van der Waals surface area (Å²) in [6.45, 7) is 1.82. The molecule has 0 aromatic carbocycles. The molecule has 1 fully saturated rings. The van der Waals surface area contributed by atoms with Gasteiger partial charge in [-0.2, -0.15) is 0 Å². The minimum absolute atomic E-state index is 0.186. The van der Waals surface area contributed by atoms with Gasteiger partial charge in [0.1, 0.15) is 4.32 Å². The van der Waals surface area contributed by atoms with Crippen molar-refractivity contribution in [3.63, 3.8) is 0 Å². The maximum Gasteiger partial charge on any atom is 0.263 e. The lowest BCUT2D eigenvalue weighted by molar-refractivity contribution is -0.115. The first-order valence-corrected chi connectivity index (χ1v) is 5.06. The minimum atomic E-state index is -0.186.